The van der Waals surface area contributed by atoms with Crippen molar-refractivity contribution in [3.05, 3.63) is 58.1 Å². The van der Waals surface area contributed by atoms with Crippen LogP contribution in [0.5, 0.6) is 0 Å². The molecule has 3 aromatic rings. The van der Waals surface area contributed by atoms with Gasteiger partial charge in [0.2, 0.25) is 5.91 Å². The van der Waals surface area contributed by atoms with E-state index in [4.69, 9.17) is 5.73 Å². The normalized spacial score (nSPS) is 11.9. The molecule has 0 aliphatic rings. The molecule has 1 aromatic carbocycles. The van der Waals surface area contributed by atoms with E-state index in [1.54, 1.807) is 24.6 Å². The van der Waals surface area contributed by atoms with Crippen LogP contribution in [0.3, 0.4) is 0 Å². The molecule has 0 aliphatic carbocycles. The van der Waals surface area contributed by atoms with Gasteiger partial charge in [0.05, 0.1) is 10.8 Å². The Balaban J connectivity index is 1.72. The Morgan fingerprint density at radius 3 is 2.73 bits per heavy atom. The lowest BCUT2D eigenvalue weighted by Gasteiger charge is -2.13. The molecule has 0 spiro atoms. The molecule has 2 aromatic heterocycles. The number of carbonyl (C=O) groups is 2. The van der Waals surface area contributed by atoms with Gasteiger partial charge in [0.15, 0.2) is 5.16 Å². The molecule has 0 saturated carbocycles. The molecule has 1 atom stereocenters. The first-order valence-electron chi connectivity index (χ1n) is 7.60. The number of hydrogen-bond acceptors (Lipinski definition) is 5. The summed E-state index contributed by atoms with van der Waals surface area (Å²) >= 11 is 6.02. The third kappa shape index (κ3) is 4.17. The van der Waals surface area contributed by atoms with Crippen molar-refractivity contribution in [2.45, 2.75) is 17.3 Å². The highest BCUT2D eigenvalue weighted by molar-refractivity contribution is 9.10. The summed E-state index contributed by atoms with van der Waals surface area (Å²) in [6.07, 6.45) is 3.54. The number of rotatable bonds is 6. The van der Waals surface area contributed by atoms with Gasteiger partial charge >= 0.3 is 0 Å². The minimum atomic E-state index is -0.562. The van der Waals surface area contributed by atoms with Crippen LogP contribution in [0, 0.1) is 0 Å². The fourth-order valence-electron chi connectivity index (χ4n) is 2.20. The maximum absolute atomic E-state index is 12.5. The monoisotopic (exact) mass is 450 g/mol. The average molecular weight is 451 g/mol. The molecule has 6 nitrogen and oxygen atoms in total. The quantitative estimate of drug-likeness (QED) is 0.556. The Kier molecular flexibility index (Phi) is 5.80. The van der Waals surface area contributed by atoms with Crippen molar-refractivity contribution in [3.8, 4) is 5.69 Å². The second-order valence-electron chi connectivity index (χ2n) is 5.33. The molecule has 26 heavy (non-hydrogen) atoms. The Hall–Kier alpha value is -2.10. The van der Waals surface area contributed by atoms with Crippen LogP contribution in [-0.4, -0.2) is 26.6 Å². The first kappa shape index (κ1) is 18.7. The Morgan fingerprint density at radius 2 is 2.04 bits per heavy atom. The Labute approximate surface area is 166 Å². The zero-order valence-electron chi connectivity index (χ0n) is 13.7. The number of aromatic nitrogens is 2. The zero-order chi connectivity index (χ0) is 18.7. The van der Waals surface area contributed by atoms with Crippen molar-refractivity contribution < 1.29 is 9.59 Å². The average Bonchev–Trinajstić information content (AvgIpc) is 3.25. The molecular weight excluding hydrogens is 436 g/mol. The number of amides is 2. The van der Waals surface area contributed by atoms with E-state index in [-0.39, 0.29) is 5.91 Å². The molecule has 0 saturated heterocycles. The predicted molar refractivity (Wildman–Crippen MR) is 108 cm³/mol. The van der Waals surface area contributed by atoms with Gasteiger partial charge in [0.1, 0.15) is 5.00 Å². The van der Waals surface area contributed by atoms with Crippen molar-refractivity contribution in [2.24, 2.45) is 5.73 Å². The van der Waals surface area contributed by atoms with E-state index in [2.05, 4.69) is 26.2 Å². The fourth-order valence-corrected chi connectivity index (χ4v) is 4.14. The molecule has 2 amide bonds. The summed E-state index contributed by atoms with van der Waals surface area (Å²) in [6, 6.07) is 9.42. The number of nitrogens with one attached hydrogen (secondary N) is 1. The van der Waals surface area contributed by atoms with Crippen LogP contribution in [0.2, 0.25) is 0 Å². The minimum Gasteiger partial charge on any atom is -0.366 e. The largest absolute Gasteiger partial charge is 0.366 e. The number of benzene rings is 1. The summed E-state index contributed by atoms with van der Waals surface area (Å²) < 4.78 is 2.91. The van der Waals surface area contributed by atoms with Gasteiger partial charge < -0.3 is 11.1 Å². The molecule has 0 fully saturated rings. The number of nitrogens with two attached hydrogens (primary N) is 1. The van der Waals surface area contributed by atoms with Crippen LogP contribution in [-0.2, 0) is 4.79 Å². The topological polar surface area (TPSA) is 90.0 Å². The molecule has 134 valence electrons. The molecule has 3 rings (SSSR count). The summed E-state index contributed by atoms with van der Waals surface area (Å²) in [5.41, 5.74) is 6.58. The first-order valence-corrected chi connectivity index (χ1v) is 10.1. The Bertz CT molecular complexity index is 936. The van der Waals surface area contributed by atoms with E-state index in [9.17, 15) is 9.59 Å². The van der Waals surface area contributed by atoms with Gasteiger partial charge in [-0.3, -0.25) is 14.2 Å². The molecule has 9 heteroatoms. The van der Waals surface area contributed by atoms with Crippen molar-refractivity contribution in [3.63, 3.8) is 0 Å². The standard InChI is InChI=1S/C17H15BrN4O2S2/c1-10(15(24)21-16-13(14(19)23)6-9-25-16)26-17-20-7-8-22(17)12-4-2-11(18)3-5-12/h2-10H,1H3,(H2,19,23)(H,21,24)/t10-/m0/s1. The predicted octanol–water partition coefficient (Wildman–Crippen LogP) is 3.91. The summed E-state index contributed by atoms with van der Waals surface area (Å²) in [7, 11) is 0. The van der Waals surface area contributed by atoms with Crippen LogP contribution in [0.1, 0.15) is 17.3 Å². The molecule has 0 bridgehead atoms. The fraction of sp³-hybridized carbons (Fsp3) is 0.118. The van der Waals surface area contributed by atoms with Crippen LogP contribution in [0.4, 0.5) is 5.00 Å². The van der Waals surface area contributed by atoms with Gasteiger partial charge in [-0.1, -0.05) is 27.7 Å². The molecular formula is C17H15BrN4O2S2. The van der Waals surface area contributed by atoms with E-state index in [1.165, 1.54) is 23.1 Å². The molecule has 3 N–H and O–H groups in total. The van der Waals surface area contributed by atoms with Gasteiger partial charge in [0, 0.05) is 22.6 Å². The highest BCUT2D eigenvalue weighted by atomic mass is 79.9. The number of halogens is 1. The van der Waals surface area contributed by atoms with Crippen LogP contribution < -0.4 is 11.1 Å². The van der Waals surface area contributed by atoms with E-state index in [0.717, 1.165) is 10.2 Å². The van der Waals surface area contributed by atoms with Crippen molar-refractivity contribution in [1.82, 2.24) is 9.55 Å². The van der Waals surface area contributed by atoms with Gasteiger partial charge in [0.25, 0.3) is 5.91 Å². The second-order valence-corrected chi connectivity index (χ2v) is 8.47. The smallest absolute Gasteiger partial charge is 0.251 e. The number of thioether (sulfide) groups is 1. The van der Waals surface area contributed by atoms with Gasteiger partial charge in [-0.25, -0.2) is 4.98 Å². The highest BCUT2D eigenvalue weighted by Crippen LogP contribution is 2.28. The summed E-state index contributed by atoms with van der Waals surface area (Å²) in [6.45, 7) is 1.79. The van der Waals surface area contributed by atoms with Crippen molar-refractivity contribution >= 4 is 55.8 Å². The maximum atomic E-state index is 12.5. The van der Waals surface area contributed by atoms with Crippen LogP contribution in [0.15, 0.2) is 57.7 Å². The second kappa shape index (κ2) is 8.07. The maximum Gasteiger partial charge on any atom is 0.251 e. The minimum absolute atomic E-state index is 0.217. The van der Waals surface area contributed by atoms with E-state index in [1.807, 2.05) is 35.0 Å². The highest BCUT2D eigenvalue weighted by Gasteiger charge is 2.20. The number of primary amides is 1. The summed E-state index contributed by atoms with van der Waals surface area (Å²) in [5.74, 6) is -0.780. The third-order valence-corrected chi connectivity index (χ3v) is 5.97. The van der Waals surface area contributed by atoms with E-state index < -0.39 is 11.2 Å². The zero-order valence-corrected chi connectivity index (χ0v) is 16.9. The lowest BCUT2D eigenvalue weighted by molar-refractivity contribution is -0.115. The molecule has 0 unspecified atom stereocenters. The number of imidazole rings is 1. The van der Waals surface area contributed by atoms with Crippen LogP contribution >= 0.6 is 39.0 Å². The van der Waals surface area contributed by atoms with Gasteiger partial charge in [-0.15, -0.1) is 11.3 Å². The van der Waals surface area contributed by atoms with Crippen molar-refractivity contribution in [2.75, 3.05) is 5.32 Å². The van der Waals surface area contributed by atoms with Gasteiger partial charge in [-0.05, 0) is 42.6 Å². The third-order valence-electron chi connectivity index (χ3n) is 3.53. The molecule has 2 heterocycles. The molecule has 0 radical (unpaired) electrons. The molecule has 0 aliphatic heterocycles. The van der Waals surface area contributed by atoms with Crippen LogP contribution in [0.25, 0.3) is 5.69 Å². The number of carbonyl (C=O) groups excluding carboxylic acids is 2. The number of anilines is 1. The van der Waals surface area contributed by atoms with Gasteiger partial charge in [-0.2, -0.15) is 0 Å². The van der Waals surface area contributed by atoms with E-state index >= 15 is 0 Å². The van der Waals surface area contributed by atoms with Crippen molar-refractivity contribution in [1.29, 1.82) is 0 Å². The summed E-state index contributed by atoms with van der Waals surface area (Å²) in [5, 5.41) is 5.24. The number of nitrogens with zero attached hydrogens (tertiary/aromatic N) is 2. The van der Waals surface area contributed by atoms with E-state index in [0.29, 0.717) is 15.7 Å². The lowest BCUT2D eigenvalue weighted by atomic mass is 10.3. The number of hydrogen-bond donors (Lipinski definition) is 2. The number of thiophene rings is 1. The lowest BCUT2D eigenvalue weighted by Crippen LogP contribution is -2.24. The SMILES string of the molecule is C[C@H](Sc1nccn1-c1ccc(Br)cc1)C(=O)Nc1sccc1C(N)=O. The Morgan fingerprint density at radius 1 is 1.31 bits per heavy atom. The first-order chi connectivity index (χ1) is 12.5. The summed E-state index contributed by atoms with van der Waals surface area (Å²) in [4.78, 5) is 28.2.